The second-order valence-corrected chi connectivity index (χ2v) is 7.56. The Morgan fingerprint density at radius 3 is 2.26 bits per heavy atom. The smallest absolute Gasteiger partial charge is 0.303 e. The topological polar surface area (TPSA) is 55.8 Å². The van der Waals surface area contributed by atoms with Gasteiger partial charge in [0, 0.05) is 5.41 Å². The van der Waals surface area contributed by atoms with E-state index in [0.717, 1.165) is 24.2 Å². The zero-order valence-corrected chi connectivity index (χ0v) is 15.7. The number of aryl methyl sites for hydroxylation is 1. The summed E-state index contributed by atoms with van der Waals surface area (Å²) in [6, 6.07) is 12.4. The minimum atomic E-state index is -0.796. The molecular formula is C22H25FO4. The molecule has 3 rings (SSSR count). The van der Waals surface area contributed by atoms with Gasteiger partial charge in [0.2, 0.25) is 0 Å². The lowest BCUT2D eigenvalue weighted by Gasteiger charge is -2.18. The summed E-state index contributed by atoms with van der Waals surface area (Å²) < 4.78 is 25.1. The standard InChI is InChI=1S/C22H25FO4/c1-15(12-21(24)25)17-3-5-18(6-4-17)26-13-22(9-10-22)14-27-19-7-8-20(23)16(2)11-19/h3-8,11,15H,9-10,12-14H2,1-2H3,(H,24,25). The zero-order valence-electron chi connectivity index (χ0n) is 15.7. The van der Waals surface area contributed by atoms with Crippen LogP contribution in [0.2, 0.25) is 0 Å². The van der Waals surface area contributed by atoms with E-state index in [1.807, 2.05) is 31.2 Å². The number of carbonyl (C=O) groups is 1. The van der Waals surface area contributed by atoms with E-state index < -0.39 is 5.97 Å². The maximum absolute atomic E-state index is 13.3. The van der Waals surface area contributed by atoms with Crippen LogP contribution in [0.3, 0.4) is 0 Å². The molecule has 2 aromatic carbocycles. The molecule has 1 aliphatic carbocycles. The summed E-state index contributed by atoms with van der Waals surface area (Å²) in [6.45, 7) is 4.74. The Morgan fingerprint density at radius 2 is 1.70 bits per heavy atom. The molecule has 2 aromatic rings. The van der Waals surface area contributed by atoms with Gasteiger partial charge in [-0.15, -0.1) is 0 Å². The number of aliphatic carboxylic acids is 1. The van der Waals surface area contributed by atoms with Crippen LogP contribution in [-0.4, -0.2) is 24.3 Å². The van der Waals surface area contributed by atoms with Crippen LogP contribution >= 0.6 is 0 Å². The van der Waals surface area contributed by atoms with E-state index in [2.05, 4.69) is 0 Å². The van der Waals surface area contributed by atoms with Crippen LogP contribution in [0.1, 0.15) is 43.2 Å². The minimum absolute atomic E-state index is 0.0115. The SMILES string of the molecule is Cc1cc(OCC2(COc3ccc(C(C)CC(=O)O)cc3)CC2)ccc1F. The molecule has 144 valence electrons. The predicted molar refractivity (Wildman–Crippen MR) is 101 cm³/mol. The Hall–Kier alpha value is -2.56. The van der Waals surface area contributed by atoms with Gasteiger partial charge in [-0.05, 0) is 67.1 Å². The molecular weight excluding hydrogens is 347 g/mol. The Kier molecular flexibility index (Phi) is 5.68. The van der Waals surface area contributed by atoms with E-state index in [4.69, 9.17) is 14.6 Å². The fraction of sp³-hybridized carbons (Fsp3) is 0.409. The van der Waals surface area contributed by atoms with Gasteiger partial charge >= 0.3 is 5.97 Å². The average Bonchev–Trinajstić information content (AvgIpc) is 3.41. The van der Waals surface area contributed by atoms with Crippen molar-refractivity contribution in [3.8, 4) is 11.5 Å². The lowest BCUT2D eigenvalue weighted by Crippen LogP contribution is -2.21. The minimum Gasteiger partial charge on any atom is -0.493 e. The first kappa shape index (κ1) is 19.2. The van der Waals surface area contributed by atoms with Crippen LogP contribution in [-0.2, 0) is 4.79 Å². The van der Waals surface area contributed by atoms with Gasteiger partial charge in [0.25, 0.3) is 0 Å². The van der Waals surface area contributed by atoms with E-state index in [1.54, 1.807) is 19.1 Å². The molecule has 0 saturated heterocycles. The van der Waals surface area contributed by atoms with Crippen molar-refractivity contribution in [1.29, 1.82) is 0 Å². The molecule has 0 heterocycles. The molecule has 1 N–H and O–H groups in total. The molecule has 4 nitrogen and oxygen atoms in total. The van der Waals surface area contributed by atoms with Crippen LogP contribution in [0.25, 0.3) is 0 Å². The molecule has 0 aromatic heterocycles. The van der Waals surface area contributed by atoms with E-state index in [0.29, 0.717) is 24.5 Å². The molecule has 1 atom stereocenters. The van der Waals surface area contributed by atoms with Crippen LogP contribution < -0.4 is 9.47 Å². The molecule has 0 spiro atoms. The highest BCUT2D eigenvalue weighted by atomic mass is 19.1. The third kappa shape index (κ3) is 5.22. The van der Waals surface area contributed by atoms with Crippen molar-refractivity contribution in [3.63, 3.8) is 0 Å². The maximum Gasteiger partial charge on any atom is 0.303 e. The Morgan fingerprint density at radius 1 is 1.11 bits per heavy atom. The number of rotatable bonds is 9. The third-order valence-electron chi connectivity index (χ3n) is 5.11. The summed E-state index contributed by atoms with van der Waals surface area (Å²) in [5, 5.41) is 8.89. The largest absolute Gasteiger partial charge is 0.493 e. The molecule has 0 radical (unpaired) electrons. The summed E-state index contributed by atoms with van der Waals surface area (Å²) in [5.74, 6) is 0.392. The second-order valence-electron chi connectivity index (χ2n) is 7.56. The first-order valence-corrected chi connectivity index (χ1v) is 9.20. The van der Waals surface area contributed by atoms with Gasteiger partial charge in [-0.1, -0.05) is 19.1 Å². The quantitative estimate of drug-likeness (QED) is 0.677. The van der Waals surface area contributed by atoms with E-state index in [-0.39, 0.29) is 23.6 Å². The van der Waals surface area contributed by atoms with Gasteiger partial charge in [-0.2, -0.15) is 0 Å². The number of ether oxygens (including phenoxy) is 2. The van der Waals surface area contributed by atoms with Crippen molar-refractivity contribution in [1.82, 2.24) is 0 Å². The van der Waals surface area contributed by atoms with Gasteiger partial charge in [-0.25, -0.2) is 4.39 Å². The van der Waals surface area contributed by atoms with Gasteiger partial charge in [0.05, 0.1) is 19.6 Å². The van der Waals surface area contributed by atoms with Gasteiger partial charge in [0.15, 0.2) is 0 Å². The number of hydrogen-bond donors (Lipinski definition) is 1. The van der Waals surface area contributed by atoms with Crippen molar-refractivity contribution >= 4 is 5.97 Å². The molecule has 1 fully saturated rings. The lowest BCUT2D eigenvalue weighted by atomic mass is 9.98. The van der Waals surface area contributed by atoms with Crippen molar-refractivity contribution < 1.29 is 23.8 Å². The number of hydrogen-bond acceptors (Lipinski definition) is 3. The Bertz CT molecular complexity index is 796. The Labute approximate surface area is 158 Å². The van der Waals surface area contributed by atoms with E-state index in [9.17, 15) is 9.18 Å². The monoisotopic (exact) mass is 372 g/mol. The molecule has 1 saturated carbocycles. The molecule has 27 heavy (non-hydrogen) atoms. The zero-order chi connectivity index (χ0) is 19.4. The van der Waals surface area contributed by atoms with Crippen LogP contribution in [0.15, 0.2) is 42.5 Å². The number of halogens is 1. The maximum atomic E-state index is 13.3. The lowest BCUT2D eigenvalue weighted by molar-refractivity contribution is -0.137. The van der Waals surface area contributed by atoms with Crippen molar-refractivity contribution in [2.45, 2.75) is 39.0 Å². The first-order valence-electron chi connectivity index (χ1n) is 9.20. The summed E-state index contributed by atoms with van der Waals surface area (Å²) in [4.78, 5) is 10.8. The van der Waals surface area contributed by atoms with Crippen LogP contribution in [0.4, 0.5) is 4.39 Å². The molecule has 1 unspecified atom stereocenters. The van der Waals surface area contributed by atoms with Gasteiger partial charge in [-0.3, -0.25) is 4.79 Å². The number of carboxylic acids is 1. The van der Waals surface area contributed by atoms with Crippen LogP contribution in [0.5, 0.6) is 11.5 Å². The average molecular weight is 372 g/mol. The van der Waals surface area contributed by atoms with E-state index in [1.165, 1.54) is 6.07 Å². The summed E-state index contributed by atoms with van der Waals surface area (Å²) in [5.41, 5.74) is 1.57. The molecule has 5 heteroatoms. The highest BCUT2D eigenvalue weighted by Gasteiger charge is 2.44. The fourth-order valence-electron chi connectivity index (χ4n) is 2.96. The number of carboxylic acid groups (broad SMARTS) is 1. The summed E-state index contributed by atoms with van der Waals surface area (Å²) in [7, 11) is 0. The first-order chi connectivity index (χ1) is 12.9. The number of benzene rings is 2. The normalized spacial score (nSPS) is 15.8. The van der Waals surface area contributed by atoms with Crippen LogP contribution in [0, 0.1) is 18.2 Å². The summed E-state index contributed by atoms with van der Waals surface area (Å²) >= 11 is 0. The molecule has 0 aliphatic heterocycles. The molecule has 1 aliphatic rings. The fourth-order valence-corrected chi connectivity index (χ4v) is 2.96. The predicted octanol–water partition coefficient (Wildman–Crippen LogP) is 4.95. The Balaban J connectivity index is 1.50. The highest BCUT2D eigenvalue weighted by molar-refractivity contribution is 5.67. The van der Waals surface area contributed by atoms with Crippen molar-refractivity contribution in [3.05, 3.63) is 59.4 Å². The molecule has 0 amide bonds. The van der Waals surface area contributed by atoms with Gasteiger partial charge < -0.3 is 14.6 Å². The third-order valence-corrected chi connectivity index (χ3v) is 5.11. The second kappa shape index (κ2) is 7.99. The van der Waals surface area contributed by atoms with Crippen molar-refractivity contribution in [2.24, 2.45) is 5.41 Å². The summed E-state index contributed by atoms with van der Waals surface area (Å²) in [6.07, 6.45) is 2.20. The highest BCUT2D eigenvalue weighted by Crippen LogP contribution is 2.46. The van der Waals surface area contributed by atoms with Crippen molar-refractivity contribution in [2.75, 3.05) is 13.2 Å². The van der Waals surface area contributed by atoms with Gasteiger partial charge in [0.1, 0.15) is 17.3 Å². The molecule has 0 bridgehead atoms. The van der Waals surface area contributed by atoms with E-state index >= 15 is 0 Å².